The molecule has 1 aromatic carbocycles. The highest BCUT2D eigenvalue weighted by atomic mass is 16.6. The number of esters is 1. The van der Waals surface area contributed by atoms with Crippen LogP contribution in [0.2, 0.25) is 0 Å². The van der Waals surface area contributed by atoms with E-state index in [1.54, 1.807) is 11.0 Å². The molecule has 1 heterocycles. The number of ether oxygens (including phenoxy) is 1. The second-order valence-corrected chi connectivity index (χ2v) is 5.54. The first-order valence-electron chi connectivity index (χ1n) is 7.62. The van der Waals surface area contributed by atoms with Gasteiger partial charge in [0.1, 0.15) is 0 Å². The molecule has 0 spiro atoms. The summed E-state index contributed by atoms with van der Waals surface area (Å²) in [6.07, 6.45) is 1.64. The average Bonchev–Trinajstić information content (AvgIpc) is 2.59. The Morgan fingerprint density at radius 2 is 2.00 bits per heavy atom. The fraction of sp³-hybridized carbons (Fsp3) is 0.500. The molecule has 1 aliphatic heterocycles. The summed E-state index contributed by atoms with van der Waals surface area (Å²) in [7, 11) is 1.36. The lowest BCUT2D eigenvalue weighted by Crippen LogP contribution is -2.40. The summed E-state index contributed by atoms with van der Waals surface area (Å²) in [5, 5.41) is 11.0. The van der Waals surface area contributed by atoms with Crippen LogP contribution in [0.5, 0.6) is 0 Å². The van der Waals surface area contributed by atoms with Gasteiger partial charge in [-0.25, -0.2) is 0 Å². The molecule has 0 aliphatic carbocycles. The number of piperidine rings is 1. The van der Waals surface area contributed by atoms with Crippen molar-refractivity contribution in [3.63, 3.8) is 0 Å². The van der Waals surface area contributed by atoms with Crippen molar-refractivity contribution in [2.24, 2.45) is 5.92 Å². The number of nitro benzene ring substituents is 1. The van der Waals surface area contributed by atoms with Crippen LogP contribution in [-0.4, -0.2) is 41.9 Å². The van der Waals surface area contributed by atoms with Crippen LogP contribution in [0.3, 0.4) is 0 Å². The molecule has 1 aliphatic rings. The summed E-state index contributed by atoms with van der Waals surface area (Å²) < 4.78 is 4.73. The molecule has 0 N–H and O–H groups in total. The molecular weight excluding hydrogens is 300 g/mol. The van der Waals surface area contributed by atoms with Crippen molar-refractivity contribution in [1.29, 1.82) is 0 Å². The largest absolute Gasteiger partial charge is 0.469 e. The zero-order chi connectivity index (χ0) is 17.0. The first-order valence-corrected chi connectivity index (χ1v) is 7.62. The van der Waals surface area contributed by atoms with Gasteiger partial charge in [0, 0.05) is 30.3 Å². The van der Waals surface area contributed by atoms with Crippen LogP contribution in [0, 0.1) is 16.0 Å². The van der Waals surface area contributed by atoms with Crippen molar-refractivity contribution in [3.05, 3.63) is 39.4 Å². The van der Waals surface area contributed by atoms with Crippen LogP contribution in [0.25, 0.3) is 0 Å². The summed E-state index contributed by atoms with van der Waals surface area (Å²) in [5.74, 6) is -0.550. The van der Waals surface area contributed by atoms with E-state index in [0.29, 0.717) is 43.5 Å². The zero-order valence-electron chi connectivity index (χ0n) is 13.3. The smallest absolute Gasteiger partial charge is 0.308 e. The van der Waals surface area contributed by atoms with E-state index < -0.39 is 4.92 Å². The van der Waals surface area contributed by atoms with E-state index in [-0.39, 0.29) is 23.5 Å². The number of aryl methyl sites for hydroxylation is 1. The molecule has 1 fully saturated rings. The third-order valence-electron chi connectivity index (χ3n) is 4.22. The predicted molar refractivity (Wildman–Crippen MR) is 83.1 cm³/mol. The van der Waals surface area contributed by atoms with E-state index in [0.717, 1.165) is 0 Å². The third-order valence-corrected chi connectivity index (χ3v) is 4.22. The number of nitro groups is 1. The number of carbonyl (C=O) groups is 2. The van der Waals surface area contributed by atoms with Gasteiger partial charge in [-0.1, -0.05) is 6.92 Å². The zero-order valence-corrected chi connectivity index (χ0v) is 13.3. The van der Waals surface area contributed by atoms with E-state index >= 15 is 0 Å². The summed E-state index contributed by atoms with van der Waals surface area (Å²) in [4.78, 5) is 36.2. The molecule has 7 nitrogen and oxygen atoms in total. The first-order chi connectivity index (χ1) is 11.0. The van der Waals surface area contributed by atoms with Gasteiger partial charge in [0.25, 0.3) is 11.6 Å². The number of methoxy groups -OCH3 is 1. The Bertz CT molecular complexity index is 621. The van der Waals surface area contributed by atoms with Crippen LogP contribution >= 0.6 is 0 Å². The number of carbonyl (C=O) groups excluding carboxylic acids is 2. The molecule has 0 saturated carbocycles. The van der Waals surface area contributed by atoms with Crippen LogP contribution in [0.15, 0.2) is 18.2 Å². The molecule has 0 bridgehead atoms. The normalized spacial score (nSPS) is 15.3. The highest BCUT2D eigenvalue weighted by molar-refractivity contribution is 5.95. The van der Waals surface area contributed by atoms with Gasteiger partial charge in [-0.2, -0.15) is 0 Å². The molecule has 0 aromatic heterocycles. The number of hydrogen-bond donors (Lipinski definition) is 0. The van der Waals surface area contributed by atoms with Crippen molar-refractivity contribution in [3.8, 4) is 0 Å². The lowest BCUT2D eigenvalue weighted by molar-refractivity contribution is -0.385. The summed E-state index contributed by atoms with van der Waals surface area (Å²) in [6, 6.07) is 4.46. The standard InChI is InChI=1S/C16H20N2O5/c1-3-11-10-13(4-5-14(11)18(21)22)15(19)17-8-6-12(7-9-17)16(20)23-2/h4-5,10,12H,3,6-9H2,1-2H3. The van der Waals surface area contributed by atoms with Crippen molar-refractivity contribution in [2.75, 3.05) is 20.2 Å². The third kappa shape index (κ3) is 3.67. The maximum absolute atomic E-state index is 12.5. The predicted octanol–water partition coefficient (Wildman–Crippen LogP) is 2.18. The lowest BCUT2D eigenvalue weighted by Gasteiger charge is -2.30. The van der Waals surface area contributed by atoms with E-state index in [4.69, 9.17) is 4.74 Å². The quantitative estimate of drug-likeness (QED) is 0.482. The first kappa shape index (κ1) is 16.9. The number of hydrogen-bond acceptors (Lipinski definition) is 5. The Morgan fingerprint density at radius 1 is 1.35 bits per heavy atom. The highest BCUT2D eigenvalue weighted by Crippen LogP contribution is 2.24. The van der Waals surface area contributed by atoms with Gasteiger partial charge >= 0.3 is 5.97 Å². The number of likely N-dealkylation sites (tertiary alicyclic amines) is 1. The number of rotatable bonds is 4. The van der Waals surface area contributed by atoms with Crippen molar-refractivity contribution < 1.29 is 19.2 Å². The fourth-order valence-corrected chi connectivity index (χ4v) is 2.85. The SMILES string of the molecule is CCc1cc(C(=O)N2CCC(C(=O)OC)CC2)ccc1[N+](=O)[O-]. The van der Waals surface area contributed by atoms with E-state index in [2.05, 4.69) is 0 Å². The maximum atomic E-state index is 12.5. The molecule has 124 valence electrons. The van der Waals surface area contributed by atoms with E-state index in [1.807, 2.05) is 6.92 Å². The van der Waals surface area contributed by atoms with E-state index in [9.17, 15) is 19.7 Å². The maximum Gasteiger partial charge on any atom is 0.308 e. The van der Waals surface area contributed by atoms with Gasteiger partial charge < -0.3 is 9.64 Å². The van der Waals surface area contributed by atoms with Crippen LogP contribution < -0.4 is 0 Å². The van der Waals surface area contributed by atoms with Gasteiger partial charge in [0.2, 0.25) is 0 Å². The minimum atomic E-state index is -0.436. The van der Waals surface area contributed by atoms with Crippen LogP contribution in [-0.2, 0) is 16.0 Å². The number of nitrogens with zero attached hydrogens (tertiary/aromatic N) is 2. The number of amides is 1. The minimum absolute atomic E-state index is 0.0356. The topological polar surface area (TPSA) is 89.8 Å². The van der Waals surface area contributed by atoms with Gasteiger partial charge in [-0.3, -0.25) is 19.7 Å². The Labute approximate surface area is 134 Å². The van der Waals surface area contributed by atoms with Gasteiger partial charge in [-0.15, -0.1) is 0 Å². The molecule has 23 heavy (non-hydrogen) atoms. The summed E-state index contributed by atoms with van der Waals surface area (Å²) >= 11 is 0. The molecule has 1 amide bonds. The van der Waals surface area contributed by atoms with Crippen LogP contribution in [0.1, 0.15) is 35.7 Å². The van der Waals surface area contributed by atoms with Gasteiger partial charge in [-0.05, 0) is 31.4 Å². The van der Waals surface area contributed by atoms with Gasteiger partial charge in [0.15, 0.2) is 0 Å². The molecule has 1 aromatic rings. The monoisotopic (exact) mass is 320 g/mol. The number of benzene rings is 1. The Kier molecular flexibility index (Phi) is 5.31. The molecule has 2 rings (SSSR count). The fourth-order valence-electron chi connectivity index (χ4n) is 2.85. The van der Waals surface area contributed by atoms with Crippen LogP contribution in [0.4, 0.5) is 5.69 Å². The lowest BCUT2D eigenvalue weighted by atomic mass is 9.96. The average molecular weight is 320 g/mol. The molecule has 0 atom stereocenters. The second-order valence-electron chi connectivity index (χ2n) is 5.54. The molecule has 0 radical (unpaired) electrons. The Hall–Kier alpha value is -2.44. The van der Waals surface area contributed by atoms with E-state index in [1.165, 1.54) is 19.2 Å². The molecular formula is C16H20N2O5. The van der Waals surface area contributed by atoms with Crippen molar-refractivity contribution in [1.82, 2.24) is 4.90 Å². The Morgan fingerprint density at radius 3 is 2.52 bits per heavy atom. The minimum Gasteiger partial charge on any atom is -0.469 e. The summed E-state index contributed by atoms with van der Waals surface area (Å²) in [5.41, 5.74) is 1.03. The van der Waals surface area contributed by atoms with Gasteiger partial charge in [0.05, 0.1) is 18.0 Å². The summed E-state index contributed by atoms with van der Waals surface area (Å²) in [6.45, 7) is 2.78. The van der Waals surface area contributed by atoms with Crippen molar-refractivity contribution >= 4 is 17.6 Å². The molecule has 1 saturated heterocycles. The molecule has 0 unspecified atom stereocenters. The second kappa shape index (κ2) is 7.21. The highest BCUT2D eigenvalue weighted by Gasteiger charge is 2.28. The van der Waals surface area contributed by atoms with Crippen molar-refractivity contribution in [2.45, 2.75) is 26.2 Å². The Balaban J connectivity index is 2.10. The molecule has 7 heteroatoms.